The lowest BCUT2D eigenvalue weighted by Crippen LogP contribution is -2.44. The maximum atomic E-state index is 14.3. The van der Waals surface area contributed by atoms with E-state index >= 15 is 0 Å². The van der Waals surface area contributed by atoms with Gasteiger partial charge in [0.05, 0.1) is 5.69 Å². The van der Waals surface area contributed by atoms with Gasteiger partial charge in [0.25, 0.3) is 20.1 Å². The number of aromatic amines is 2. The lowest BCUT2D eigenvalue weighted by atomic mass is 9.95. The molecule has 4 N–H and O–H groups in total. The highest BCUT2D eigenvalue weighted by Crippen LogP contribution is 2.48. The van der Waals surface area contributed by atoms with E-state index in [0.29, 0.717) is 41.6 Å². The Hall–Kier alpha value is -5.06. The van der Waals surface area contributed by atoms with Crippen molar-refractivity contribution in [2.75, 3.05) is 28.0 Å². The standard InChI is InChI=1S/C40H42ClN5O4Si/c1-7-36(47)42-26-12-14-30-23(16-26)18-32(44-30)38(48)43-27-13-15-31-24(17-27)19-33(45-31)39(49)46-22-25(21-41)37-29-11-9-8-10-28(29)35(20-34(37)46)50-51(5,6)40(2,3)4/h8-20,25,44-45H,7,21-22H2,1-6H3,(H,42,47)(H,43,48). The van der Waals surface area contributed by atoms with Crippen LogP contribution in [0.1, 0.15) is 66.6 Å². The van der Waals surface area contributed by atoms with Gasteiger partial charge in [0.1, 0.15) is 17.1 Å². The lowest BCUT2D eigenvalue weighted by Gasteiger charge is -2.37. The van der Waals surface area contributed by atoms with Crippen LogP contribution in [-0.4, -0.2) is 48.4 Å². The van der Waals surface area contributed by atoms with Crippen molar-refractivity contribution in [1.82, 2.24) is 9.97 Å². The fourth-order valence-corrected chi connectivity index (χ4v) is 7.77. The number of anilines is 3. The number of alkyl halides is 1. The van der Waals surface area contributed by atoms with E-state index in [0.717, 1.165) is 49.6 Å². The Morgan fingerprint density at radius 2 is 1.47 bits per heavy atom. The molecule has 0 saturated carbocycles. The highest BCUT2D eigenvalue weighted by atomic mass is 35.5. The average Bonchev–Trinajstić information content (AvgIpc) is 3.82. The minimum atomic E-state index is -2.19. The van der Waals surface area contributed by atoms with E-state index in [9.17, 15) is 14.4 Å². The number of halogens is 1. The van der Waals surface area contributed by atoms with Crippen molar-refractivity contribution in [3.63, 3.8) is 0 Å². The number of benzene rings is 4. The minimum Gasteiger partial charge on any atom is -0.543 e. The Balaban J connectivity index is 1.16. The van der Waals surface area contributed by atoms with Crippen molar-refractivity contribution >= 4 is 87.3 Å². The summed E-state index contributed by atoms with van der Waals surface area (Å²) in [7, 11) is -2.19. The predicted octanol–water partition coefficient (Wildman–Crippen LogP) is 9.77. The van der Waals surface area contributed by atoms with Crippen LogP contribution in [0.2, 0.25) is 18.1 Å². The molecular formula is C40H42ClN5O4Si. The summed E-state index contributed by atoms with van der Waals surface area (Å²) in [6, 6.07) is 24.8. The number of H-pyrrole nitrogens is 2. The molecule has 0 fully saturated rings. The smallest absolute Gasteiger partial charge is 0.274 e. The first-order valence-electron chi connectivity index (χ1n) is 17.3. The van der Waals surface area contributed by atoms with Crippen LogP contribution in [0, 0.1) is 0 Å². The van der Waals surface area contributed by atoms with Crippen molar-refractivity contribution in [2.45, 2.75) is 58.2 Å². The van der Waals surface area contributed by atoms with Gasteiger partial charge in [0, 0.05) is 69.4 Å². The first kappa shape index (κ1) is 34.4. The number of carbonyl (C=O) groups excluding carboxylic acids is 3. The van der Waals surface area contributed by atoms with Gasteiger partial charge in [-0.15, -0.1) is 11.6 Å². The molecule has 2 aromatic heterocycles. The highest BCUT2D eigenvalue weighted by Gasteiger charge is 2.41. The summed E-state index contributed by atoms with van der Waals surface area (Å²) in [4.78, 5) is 47.6. The van der Waals surface area contributed by atoms with Gasteiger partial charge in [-0.2, -0.15) is 0 Å². The normalized spacial score (nSPS) is 14.6. The van der Waals surface area contributed by atoms with Gasteiger partial charge in [-0.25, -0.2) is 0 Å². The molecule has 262 valence electrons. The van der Waals surface area contributed by atoms with Gasteiger partial charge < -0.3 is 29.9 Å². The number of hydrogen-bond donors (Lipinski definition) is 4. The number of rotatable bonds is 8. The van der Waals surface area contributed by atoms with Crippen molar-refractivity contribution in [1.29, 1.82) is 0 Å². The summed E-state index contributed by atoms with van der Waals surface area (Å²) in [5.74, 6) is 0.597. The molecule has 6 aromatic rings. The maximum absolute atomic E-state index is 14.3. The van der Waals surface area contributed by atoms with Crippen LogP contribution in [0.4, 0.5) is 17.1 Å². The molecule has 1 atom stereocenters. The molecule has 4 aromatic carbocycles. The van der Waals surface area contributed by atoms with E-state index in [-0.39, 0.29) is 28.7 Å². The van der Waals surface area contributed by atoms with E-state index < -0.39 is 8.32 Å². The molecule has 0 spiro atoms. The zero-order chi connectivity index (χ0) is 36.2. The Kier molecular flexibility index (Phi) is 8.71. The van der Waals surface area contributed by atoms with Crippen molar-refractivity contribution in [2.24, 2.45) is 0 Å². The van der Waals surface area contributed by atoms with Gasteiger partial charge >= 0.3 is 0 Å². The molecule has 3 heterocycles. The zero-order valence-corrected chi connectivity index (χ0v) is 31.4. The first-order valence-corrected chi connectivity index (χ1v) is 20.7. The third-order valence-corrected chi connectivity index (χ3v) is 15.0. The Morgan fingerprint density at radius 3 is 2.10 bits per heavy atom. The van der Waals surface area contributed by atoms with E-state index in [2.05, 4.69) is 66.6 Å². The molecule has 11 heteroatoms. The van der Waals surface area contributed by atoms with E-state index in [4.69, 9.17) is 16.0 Å². The van der Waals surface area contributed by atoms with Gasteiger partial charge in [0.2, 0.25) is 5.91 Å². The van der Waals surface area contributed by atoms with Crippen LogP contribution in [0.5, 0.6) is 5.75 Å². The van der Waals surface area contributed by atoms with Crippen molar-refractivity contribution in [3.05, 3.63) is 95.8 Å². The number of fused-ring (bicyclic) bond motifs is 5. The fourth-order valence-electron chi connectivity index (χ4n) is 6.50. The summed E-state index contributed by atoms with van der Waals surface area (Å²) in [6.45, 7) is 13.4. The summed E-state index contributed by atoms with van der Waals surface area (Å²) >= 11 is 6.56. The topological polar surface area (TPSA) is 119 Å². The molecule has 1 aliphatic rings. The number of nitrogens with zero attached hydrogens (tertiary/aromatic N) is 1. The Morgan fingerprint density at radius 1 is 0.863 bits per heavy atom. The average molecular weight is 720 g/mol. The Bertz CT molecular complexity index is 2350. The van der Waals surface area contributed by atoms with Gasteiger partial charge in [-0.1, -0.05) is 52.0 Å². The fraction of sp³-hybridized carbons (Fsp3) is 0.275. The number of amides is 3. The van der Waals surface area contributed by atoms with Crippen LogP contribution in [0.3, 0.4) is 0 Å². The van der Waals surface area contributed by atoms with Crippen LogP contribution >= 0.6 is 11.6 Å². The van der Waals surface area contributed by atoms with Crippen LogP contribution in [-0.2, 0) is 4.79 Å². The zero-order valence-electron chi connectivity index (χ0n) is 29.7. The molecule has 51 heavy (non-hydrogen) atoms. The molecule has 9 nitrogen and oxygen atoms in total. The van der Waals surface area contributed by atoms with E-state index in [1.165, 1.54) is 0 Å². The third-order valence-electron chi connectivity index (χ3n) is 10.3. The number of carbonyl (C=O) groups is 3. The largest absolute Gasteiger partial charge is 0.543 e. The molecule has 1 unspecified atom stereocenters. The predicted molar refractivity (Wildman–Crippen MR) is 210 cm³/mol. The highest BCUT2D eigenvalue weighted by molar-refractivity contribution is 6.74. The number of nitrogens with one attached hydrogen (secondary N) is 4. The van der Waals surface area contributed by atoms with Crippen LogP contribution in [0.25, 0.3) is 32.6 Å². The molecule has 3 amide bonds. The number of aromatic nitrogens is 2. The summed E-state index contributed by atoms with van der Waals surface area (Å²) < 4.78 is 6.88. The Labute approximate surface area is 302 Å². The second-order valence-corrected chi connectivity index (χ2v) is 19.8. The molecular weight excluding hydrogens is 678 g/mol. The van der Waals surface area contributed by atoms with Crippen molar-refractivity contribution in [3.8, 4) is 5.75 Å². The molecule has 0 aliphatic carbocycles. The van der Waals surface area contributed by atoms with Gasteiger partial charge in [-0.3, -0.25) is 14.4 Å². The molecule has 0 bridgehead atoms. The van der Waals surface area contributed by atoms with Gasteiger partial charge in [0.15, 0.2) is 0 Å². The quantitative estimate of drug-likeness (QED) is 0.0925. The van der Waals surface area contributed by atoms with Crippen molar-refractivity contribution < 1.29 is 18.8 Å². The number of hydrogen-bond acceptors (Lipinski definition) is 4. The van der Waals surface area contributed by atoms with E-state index in [1.807, 2.05) is 53.4 Å². The van der Waals surface area contributed by atoms with E-state index in [1.54, 1.807) is 25.1 Å². The maximum Gasteiger partial charge on any atom is 0.274 e. The second kappa shape index (κ2) is 12.9. The molecule has 0 radical (unpaired) electrons. The van der Waals surface area contributed by atoms with Gasteiger partial charge in [-0.05, 0) is 77.6 Å². The summed E-state index contributed by atoms with van der Waals surface area (Å²) in [6.07, 6.45) is 0.381. The molecule has 0 saturated heterocycles. The molecule has 7 rings (SSSR count). The summed E-state index contributed by atoms with van der Waals surface area (Å²) in [5.41, 5.74) is 5.54. The SMILES string of the molecule is CCC(=O)Nc1ccc2[nH]c(C(=O)Nc3ccc4[nH]c(C(=O)N5CC(CCl)c6c5cc(O[Si](C)(C)C(C)(C)C)c5ccccc65)cc4c3)cc2c1. The first-order chi connectivity index (χ1) is 24.3. The summed E-state index contributed by atoms with van der Waals surface area (Å²) in [5, 5.41) is 9.50. The second-order valence-electron chi connectivity index (χ2n) is 14.8. The third kappa shape index (κ3) is 6.38. The van der Waals surface area contributed by atoms with Crippen LogP contribution in [0.15, 0.2) is 78.9 Å². The minimum absolute atomic E-state index is 0.00208. The monoisotopic (exact) mass is 719 g/mol. The molecule has 1 aliphatic heterocycles. The van der Waals surface area contributed by atoms with Crippen LogP contribution < -0.4 is 20.0 Å². The lowest BCUT2D eigenvalue weighted by molar-refractivity contribution is -0.115.